The van der Waals surface area contributed by atoms with E-state index < -0.39 is 0 Å². The summed E-state index contributed by atoms with van der Waals surface area (Å²) in [6, 6.07) is 9.81. The average molecular weight is 251 g/mol. The van der Waals surface area contributed by atoms with Crippen molar-refractivity contribution in [2.24, 2.45) is 0 Å². The van der Waals surface area contributed by atoms with Gasteiger partial charge in [-0.05, 0) is 12.1 Å². The Bertz CT molecular complexity index is 677. The first-order chi connectivity index (χ1) is 7.75. The highest BCUT2D eigenvalue weighted by Gasteiger charge is 2.08. The maximum Gasteiger partial charge on any atom is 0.285 e. The Labute approximate surface area is 100 Å². The molecule has 3 rings (SSSR count). The van der Waals surface area contributed by atoms with Gasteiger partial charge < -0.3 is 4.98 Å². The van der Waals surface area contributed by atoms with E-state index in [-0.39, 0.29) is 10.6 Å². The molecule has 2 aromatic heterocycles. The van der Waals surface area contributed by atoms with Crippen LogP contribution in [0.2, 0.25) is 5.02 Å². The largest absolute Gasteiger partial charge is 0.340 e. The number of nitrogens with zero attached hydrogens (tertiary/aromatic N) is 1. The Morgan fingerprint density at radius 1 is 1.31 bits per heavy atom. The Balaban J connectivity index is 2.27. The van der Waals surface area contributed by atoms with E-state index in [0.717, 1.165) is 16.7 Å². The second kappa shape index (κ2) is 3.50. The molecule has 3 aromatic rings. The number of aromatic amines is 1. The summed E-state index contributed by atoms with van der Waals surface area (Å²) in [5, 5.41) is 2.97. The Hall–Kier alpha value is -1.52. The summed E-state index contributed by atoms with van der Waals surface area (Å²) in [6.45, 7) is 0. The van der Waals surface area contributed by atoms with E-state index in [9.17, 15) is 4.79 Å². The maximum absolute atomic E-state index is 11.7. The number of H-pyrrole nitrogens is 1. The average Bonchev–Trinajstić information content (AvgIpc) is 2.84. The van der Waals surface area contributed by atoms with E-state index in [1.54, 1.807) is 9.34 Å². The fraction of sp³-hybridized carbons (Fsp3) is 0. The van der Waals surface area contributed by atoms with Gasteiger partial charge in [0.2, 0.25) is 0 Å². The van der Waals surface area contributed by atoms with Crippen LogP contribution in [-0.2, 0) is 0 Å². The number of rotatable bonds is 1. The molecule has 0 radical (unpaired) electrons. The molecular formula is C11H7ClN2OS. The molecule has 0 saturated heterocycles. The number of hydrogen-bond acceptors (Lipinski definition) is 2. The van der Waals surface area contributed by atoms with Crippen LogP contribution in [-0.4, -0.2) is 8.94 Å². The molecule has 0 unspecified atom stereocenters. The van der Waals surface area contributed by atoms with Crippen LogP contribution in [0, 0.1) is 0 Å². The van der Waals surface area contributed by atoms with Gasteiger partial charge in [-0.25, -0.2) is 3.96 Å². The molecule has 0 bridgehead atoms. The summed E-state index contributed by atoms with van der Waals surface area (Å²) < 4.78 is 1.54. The van der Waals surface area contributed by atoms with Crippen molar-refractivity contribution in [1.29, 1.82) is 0 Å². The van der Waals surface area contributed by atoms with Crippen molar-refractivity contribution >= 4 is 34.0 Å². The number of fused-ring (bicyclic) bond motifs is 1. The van der Waals surface area contributed by atoms with E-state index in [2.05, 4.69) is 4.98 Å². The number of aromatic nitrogens is 2. The number of halogens is 1. The number of hydrogen-bond donors (Lipinski definition) is 1. The molecule has 80 valence electrons. The van der Waals surface area contributed by atoms with Gasteiger partial charge in [0.15, 0.2) is 0 Å². The standard InChI is InChI=1S/C11H7ClN2OS/c12-8-6-16-14(11(8)15)10-5-7-3-1-2-4-9(7)13-10/h1-6,13H. The molecule has 16 heavy (non-hydrogen) atoms. The zero-order chi connectivity index (χ0) is 11.1. The maximum atomic E-state index is 11.7. The third-order valence-electron chi connectivity index (χ3n) is 2.38. The minimum atomic E-state index is -0.182. The number of nitrogens with one attached hydrogen (secondary N) is 1. The molecular weight excluding hydrogens is 244 g/mol. The lowest BCUT2D eigenvalue weighted by atomic mass is 10.2. The summed E-state index contributed by atoms with van der Waals surface area (Å²) >= 11 is 7.03. The minimum absolute atomic E-state index is 0.182. The third-order valence-corrected chi connectivity index (χ3v) is 3.70. The second-order valence-electron chi connectivity index (χ2n) is 3.41. The number of para-hydroxylation sites is 1. The molecule has 1 N–H and O–H groups in total. The molecule has 0 spiro atoms. The molecule has 0 aliphatic carbocycles. The van der Waals surface area contributed by atoms with Crippen molar-refractivity contribution in [2.45, 2.75) is 0 Å². The van der Waals surface area contributed by atoms with Gasteiger partial charge in [0.05, 0.1) is 0 Å². The lowest BCUT2D eigenvalue weighted by Crippen LogP contribution is -2.10. The predicted octanol–water partition coefficient (Wildman–Crippen LogP) is 3.03. The van der Waals surface area contributed by atoms with Crippen molar-refractivity contribution in [3.63, 3.8) is 0 Å². The fourth-order valence-corrected chi connectivity index (χ4v) is 2.59. The summed E-state index contributed by atoms with van der Waals surface area (Å²) in [7, 11) is 0. The van der Waals surface area contributed by atoms with E-state index in [1.165, 1.54) is 11.5 Å². The van der Waals surface area contributed by atoms with Crippen LogP contribution < -0.4 is 5.56 Å². The van der Waals surface area contributed by atoms with E-state index in [1.807, 2.05) is 30.3 Å². The second-order valence-corrected chi connectivity index (χ2v) is 4.63. The summed E-state index contributed by atoms with van der Waals surface area (Å²) in [5.41, 5.74) is 0.826. The minimum Gasteiger partial charge on any atom is -0.340 e. The van der Waals surface area contributed by atoms with Gasteiger partial charge in [-0.15, -0.1) is 0 Å². The molecule has 3 nitrogen and oxygen atoms in total. The van der Waals surface area contributed by atoms with Crippen LogP contribution >= 0.6 is 23.1 Å². The zero-order valence-electron chi connectivity index (χ0n) is 8.11. The lowest BCUT2D eigenvalue weighted by molar-refractivity contribution is 1.08. The van der Waals surface area contributed by atoms with Gasteiger partial charge in [-0.2, -0.15) is 0 Å². The first-order valence-corrected chi connectivity index (χ1v) is 5.92. The zero-order valence-corrected chi connectivity index (χ0v) is 9.68. The Morgan fingerprint density at radius 2 is 2.12 bits per heavy atom. The quantitative estimate of drug-likeness (QED) is 0.708. The van der Waals surface area contributed by atoms with Gasteiger partial charge in [0.1, 0.15) is 10.8 Å². The first kappa shape index (κ1) is 9.69. The molecule has 5 heteroatoms. The van der Waals surface area contributed by atoms with Crippen molar-refractivity contribution in [2.75, 3.05) is 0 Å². The molecule has 0 fully saturated rings. The summed E-state index contributed by atoms with van der Waals surface area (Å²) in [6.07, 6.45) is 0. The molecule has 2 heterocycles. The van der Waals surface area contributed by atoms with Crippen molar-refractivity contribution in [1.82, 2.24) is 8.94 Å². The van der Waals surface area contributed by atoms with Gasteiger partial charge in [0.25, 0.3) is 5.56 Å². The highest BCUT2D eigenvalue weighted by Crippen LogP contribution is 2.19. The van der Waals surface area contributed by atoms with Crippen LogP contribution in [0.4, 0.5) is 0 Å². The van der Waals surface area contributed by atoms with Crippen LogP contribution in [0.5, 0.6) is 0 Å². The van der Waals surface area contributed by atoms with E-state index >= 15 is 0 Å². The monoisotopic (exact) mass is 250 g/mol. The SMILES string of the molecule is O=c1c(Cl)csn1-c1cc2ccccc2[nH]1. The van der Waals surface area contributed by atoms with E-state index in [4.69, 9.17) is 11.6 Å². The topological polar surface area (TPSA) is 37.8 Å². The van der Waals surface area contributed by atoms with E-state index in [0.29, 0.717) is 0 Å². The van der Waals surface area contributed by atoms with Crippen LogP contribution in [0.15, 0.2) is 40.5 Å². The fourth-order valence-electron chi connectivity index (χ4n) is 1.63. The van der Waals surface area contributed by atoms with Gasteiger partial charge in [-0.3, -0.25) is 4.79 Å². The van der Waals surface area contributed by atoms with Crippen LogP contribution in [0.1, 0.15) is 0 Å². The van der Waals surface area contributed by atoms with Crippen LogP contribution in [0.25, 0.3) is 16.7 Å². The van der Waals surface area contributed by atoms with Gasteiger partial charge in [0, 0.05) is 16.3 Å². The normalized spacial score (nSPS) is 11.1. The Kier molecular flexibility index (Phi) is 2.12. The van der Waals surface area contributed by atoms with Crippen LogP contribution in [0.3, 0.4) is 0 Å². The summed E-state index contributed by atoms with van der Waals surface area (Å²) in [5.74, 6) is 0.753. The molecule has 1 aromatic carbocycles. The van der Waals surface area contributed by atoms with Gasteiger partial charge >= 0.3 is 0 Å². The smallest absolute Gasteiger partial charge is 0.285 e. The van der Waals surface area contributed by atoms with Crippen molar-refractivity contribution in [3.05, 3.63) is 51.1 Å². The van der Waals surface area contributed by atoms with Gasteiger partial charge in [-0.1, -0.05) is 41.3 Å². The number of benzene rings is 1. The highest BCUT2D eigenvalue weighted by atomic mass is 35.5. The Morgan fingerprint density at radius 3 is 2.81 bits per heavy atom. The van der Waals surface area contributed by atoms with Crippen molar-refractivity contribution in [3.8, 4) is 5.82 Å². The third kappa shape index (κ3) is 1.38. The summed E-state index contributed by atoms with van der Waals surface area (Å²) in [4.78, 5) is 14.8. The lowest BCUT2D eigenvalue weighted by Gasteiger charge is -1.93. The first-order valence-electron chi connectivity index (χ1n) is 4.70. The molecule has 0 amide bonds. The molecule has 0 aliphatic heterocycles. The van der Waals surface area contributed by atoms with Crippen molar-refractivity contribution < 1.29 is 0 Å². The predicted molar refractivity (Wildman–Crippen MR) is 66.8 cm³/mol. The molecule has 0 saturated carbocycles. The molecule has 0 aliphatic rings. The molecule has 0 atom stereocenters. The highest BCUT2D eigenvalue weighted by molar-refractivity contribution is 7.05.